The summed E-state index contributed by atoms with van der Waals surface area (Å²) in [5, 5.41) is 0. The predicted octanol–water partition coefficient (Wildman–Crippen LogP) is 1.05. The number of H-pyrrole nitrogens is 1. The number of fused-ring (bicyclic) bond motifs is 1. The van der Waals surface area contributed by atoms with Crippen molar-refractivity contribution >= 4 is 17.3 Å². The summed E-state index contributed by atoms with van der Waals surface area (Å²) in [7, 11) is 1.60. The van der Waals surface area contributed by atoms with E-state index in [0.717, 1.165) is 11.1 Å². The minimum Gasteiger partial charge on any atom is -0.450 e. The van der Waals surface area contributed by atoms with Crippen LogP contribution in [0.2, 0.25) is 0 Å². The van der Waals surface area contributed by atoms with E-state index in [1.807, 2.05) is 29.7 Å². The van der Waals surface area contributed by atoms with Gasteiger partial charge in [0.1, 0.15) is 5.82 Å². The molecule has 1 fully saturated rings. The van der Waals surface area contributed by atoms with E-state index in [1.54, 1.807) is 18.9 Å². The fraction of sp³-hybridized carbons (Fsp3) is 0.455. The molecule has 1 N–H and O–H groups in total. The highest BCUT2D eigenvalue weighted by Gasteiger charge is 2.24. The van der Waals surface area contributed by atoms with E-state index in [0.29, 0.717) is 62.9 Å². The Bertz CT molecular complexity index is 1250. The summed E-state index contributed by atoms with van der Waals surface area (Å²) in [6.07, 6.45) is -0.291. The summed E-state index contributed by atoms with van der Waals surface area (Å²) >= 11 is 0. The second-order valence-electron chi connectivity index (χ2n) is 8.06. The van der Waals surface area contributed by atoms with E-state index >= 15 is 0 Å². The number of aromatic nitrogens is 4. The number of piperazine rings is 1. The molecule has 10 nitrogen and oxygen atoms in total. The van der Waals surface area contributed by atoms with Crippen LogP contribution in [0.25, 0.3) is 11.2 Å². The van der Waals surface area contributed by atoms with Gasteiger partial charge in [0.2, 0.25) is 0 Å². The molecule has 0 unspecified atom stereocenters. The van der Waals surface area contributed by atoms with Crippen LogP contribution in [0.5, 0.6) is 0 Å². The van der Waals surface area contributed by atoms with Crippen LogP contribution in [0.1, 0.15) is 23.9 Å². The standard InChI is InChI=1S/C22H28N6O4/c1-4-32-22(31)27-10-8-26(9-11-27)14-17-23-19-18(20(29)24-21(30)25(19)3)28(17)13-16-7-5-6-15(2)12-16/h5-7,12H,4,8-11,13-14H2,1-3H3,(H,24,29,30). The molecule has 0 spiro atoms. The van der Waals surface area contributed by atoms with Crippen molar-refractivity contribution in [3.05, 3.63) is 62.1 Å². The van der Waals surface area contributed by atoms with Crippen molar-refractivity contribution < 1.29 is 9.53 Å². The zero-order valence-corrected chi connectivity index (χ0v) is 18.6. The molecule has 1 aromatic carbocycles. The minimum atomic E-state index is -0.489. The van der Waals surface area contributed by atoms with Crippen LogP contribution in [0.15, 0.2) is 33.9 Å². The van der Waals surface area contributed by atoms with Gasteiger partial charge in [-0.25, -0.2) is 14.6 Å². The van der Waals surface area contributed by atoms with Gasteiger partial charge in [0.05, 0.1) is 13.2 Å². The molecule has 1 aliphatic rings. The number of carbonyl (C=O) groups is 1. The van der Waals surface area contributed by atoms with Gasteiger partial charge in [-0.3, -0.25) is 19.2 Å². The van der Waals surface area contributed by atoms with E-state index in [1.165, 1.54) is 4.57 Å². The van der Waals surface area contributed by atoms with Gasteiger partial charge in [0.15, 0.2) is 11.2 Å². The lowest BCUT2D eigenvalue weighted by molar-refractivity contribution is 0.0769. The summed E-state index contributed by atoms with van der Waals surface area (Å²) in [5.74, 6) is 0.706. The van der Waals surface area contributed by atoms with Crippen LogP contribution in [-0.2, 0) is 24.9 Å². The van der Waals surface area contributed by atoms with Crippen molar-refractivity contribution in [2.45, 2.75) is 26.9 Å². The molecule has 0 bridgehead atoms. The van der Waals surface area contributed by atoms with E-state index in [2.05, 4.69) is 20.9 Å². The number of aryl methyl sites for hydroxylation is 2. The summed E-state index contributed by atoms with van der Waals surface area (Å²) < 4.78 is 8.34. The molecule has 32 heavy (non-hydrogen) atoms. The molecule has 3 heterocycles. The second kappa shape index (κ2) is 8.99. The third kappa shape index (κ3) is 4.31. The molecule has 1 aliphatic heterocycles. The van der Waals surface area contributed by atoms with Crippen LogP contribution < -0.4 is 11.2 Å². The average molecular weight is 441 g/mol. The molecule has 0 radical (unpaired) electrons. The summed E-state index contributed by atoms with van der Waals surface area (Å²) in [5.41, 5.74) is 2.00. The molecule has 0 aliphatic carbocycles. The highest BCUT2D eigenvalue weighted by molar-refractivity contribution is 5.71. The van der Waals surface area contributed by atoms with Gasteiger partial charge < -0.3 is 14.2 Å². The van der Waals surface area contributed by atoms with E-state index in [-0.39, 0.29) is 6.09 Å². The van der Waals surface area contributed by atoms with Crippen molar-refractivity contribution in [2.75, 3.05) is 32.8 Å². The summed E-state index contributed by atoms with van der Waals surface area (Å²) in [4.78, 5) is 47.8. The monoisotopic (exact) mass is 440 g/mol. The second-order valence-corrected chi connectivity index (χ2v) is 8.06. The van der Waals surface area contributed by atoms with E-state index in [9.17, 15) is 14.4 Å². The lowest BCUT2D eigenvalue weighted by atomic mass is 10.1. The number of nitrogens with zero attached hydrogens (tertiary/aromatic N) is 5. The normalized spacial score (nSPS) is 14.8. The highest BCUT2D eigenvalue weighted by Crippen LogP contribution is 2.17. The number of aromatic amines is 1. The van der Waals surface area contributed by atoms with Crippen LogP contribution in [-0.4, -0.2) is 67.8 Å². The maximum absolute atomic E-state index is 12.7. The smallest absolute Gasteiger partial charge is 0.409 e. The Balaban J connectivity index is 1.66. The zero-order chi connectivity index (χ0) is 22.8. The van der Waals surface area contributed by atoms with Crippen molar-refractivity contribution in [3.8, 4) is 0 Å². The molecule has 3 aromatic rings. The van der Waals surface area contributed by atoms with Gasteiger partial charge >= 0.3 is 11.8 Å². The van der Waals surface area contributed by atoms with Gasteiger partial charge in [0, 0.05) is 39.8 Å². The van der Waals surface area contributed by atoms with Crippen LogP contribution in [0.3, 0.4) is 0 Å². The first-order valence-corrected chi connectivity index (χ1v) is 10.8. The van der Waals surface area contributed by atoms with Crippen LogP contribution >= 0.6 is 0 Å². The van der Waals surface area contributed by atoms with Gasteiger partial charge in [-0.05, 0) is 19.4 Å². The molecule has 0 saturated carbocycles. The Hall–Kier alpha value is -3.40. The van der Waals surface area contributed by atoms with Gasteiger partial charge in [-0.15, -0.1) is 0 Å². The number of nitrogens with one attached hydrogen (secondary N) is 1. The fourth-order valence-corrected chi connectivity index (χ4v) is 4.07. The van der Waals surface area contributed by atoms with Crippen molar-refractivity contribution in [2.24, 2.45) is 7.05 Å². The third-order valence-corrected chi connectivity index (χ3v) is 5.77. The number of hydrogen-bond acceptors (Lipinski definition) is 6. The Kier molecular flexibility index (Phi) is 6.13. The minimum absolute atomic E-state index is 0.291. The van der Waals surface area contributed by atoms with E-state index in [4.69, 9.17) is 4.74 Å². The molecule has 1 amide bonds. The molecule has 2 aromatic heterocycles. The Morgan fingerprint density at radius 3 is 2.59 bits per heavy atom. The molecule has 0 atom stereocenters. The van der Waals surface area contributed by atoms with Crippen molar-refractivity contribution in [1.82, 2.24) is 28.9 Å². The summed E-state index contributed by atoms with van der Waals surface area (Å²) in [6, 6.07) is 8.09. The quantitative estimate of drug-likeness (QED) is 0.636. The largest absolute Gasteiger partial charge is 0.450 e. The molecule has 170 valence electrons. The first kappa shape index (κ1) is 21.8. The zero-order valence-electron chi connectivity index (χ0n) is 18.6. The lowest BCUT2D eigenvalue weighted by Gasteiger charge is -2.33. The number of ether oxygens (including phenoxy) is 1. The topological polar surface area (TPSA) is 105 Å². The lowest BCUT2D eigenvalue weighted by Crippen LogP contribution is -2.48. The molecule has 10 heteroatoms. The van der Waals surface area contributed by atoms with Crippen molar-refractivity contribution in [1.29, 1.82) is 0 Å². The number of carbonyl (C=O) groups excluding carboxylic acids is 1. The van der Waals surface area contributed by atoms with E-state index < -0.39 is 11.2 Å². The van der Waals surface area contributed by atoms with Gasteiger partial charge in [-0.2, -0.15) is 0 Å². The third-order valence-electron chi connectivity index (χ3n) is 5.77. The number of imidazole rings is 1. The predicted molar refractivity (Wildman–Crippen MR) is 120 cm³/mol. The van der Waals surface area contributed by atoms with Gasteiger partial charge in [-0.1, -0.05) is 29.8 Å². The Morgan fingerprint density at radius 2 is 1.91 bits per heavy atom. The van der Waals surface area contributed by atoms with Crippen LogP contribution in [0.4, 0.5) is 4.79 Å². The SMILES string of the molecule is CCOC(=O)N1CCN(Cc2nc3c(c(=O)[nH]c(=O)n3C)n2Cc2cccc(C)c2)CC1. The maximum atomic E-state index is 12.7. The van der Waals surface area contributed by atoms with Gasteiger partial charge in [0.25, 0.3) is 5.56 Å². The molecular weight excluding hydrogens is 412 g/mol. The maximum Gasteiger partial charge on any atom is 0.409 e. The molecule has 1 saturated heterocycles. The fourth-order valence-electron chi connectivity index (χ4n) is 4.07. The number of hydrogen-bond donors (Lipinski definition) is 1. The first-order chi connectivity index (χ1) is 15.4. The van der Waals surface area contributed by atoms with Crippen LogP contribution in [0, 0.1) is 6.92 Å². The Labute approximate surface area is 185 Å². The molecular formula is C22H28N6O4. The average Bonchev–Trinajstić information content (AvgIpc) is 3.11. The number of rotatable bonds is 5. The summed E-state index contributed by atoms with van der Waals surface area (Å²) in [6.45, 7) is 7.62. The van der Waals surface area contributed by atoms with Crippen molar-refractivity contribution in [3.63, 3.8) is 0 Å². The molecule has 4 rings (SSSR count). The number of benzene rings is 1. The number of amides is 1. The highest BCUT2D eigenvalue weighted by atomic mass is 16.6. The first-order valence-electron chi connectivity index (χ1n) is 10.8. The Morgan fingerprint density at radius 1 is 1.16 bits per heavy atom.